The molecule has 3 rings (SSSR count). The summed E-state index contributed by atoms with van der Waals surface area (Å²) in [5, 5.41) is 3.75. The van der Waals surface area contributed by atoms with E-state index in [0.717, 1.165) is 22.2 Å². The highest BCUT2D eigenvalue weighted by Crippen LogP contribution is 2.22. The summed E-state index contributed by atoms with van der Waals surface area (Å²) in [6.45, 7) is 0.376. The third kappa shape index (κ3) is 4.24. The average molecular weight is 357 g/mol. The van der Waals surface area contributed by atoms with Crippen molar-refractivity contribution in [3.8, 4) is 5.75 Å². The quantitative estimate of drug-likeness (QED) is 0.658. The van der Waals surface area contributed by atoms with Gasteiger partial charge >= 0.3 is 0 Å². The van der Waals surface area contributed by atoms with Crippen molar-refractivity contribution in [2.75, 3.05) is 7.11 Å². The summed E-state index contributed by atoms with van der Waals surface area (Å²) in [5.74, 6) is 2.14. The summed E-state index contributed by atoms with van der Waals surface area (Å²) in [5.41, 5.74) is 0.912. The fraction of sp³-hybridized carbons (Fsp3) is 0.222. The van der Waals surface area contributed by atoms with E-state index in [-0.39, 0.29) is 5.91 Å². The zero-order chi connectivity index (χ0) is 17.6. The third-order valence-corrected chi connectivity index (χ3v) is 4.72. The van der Waals surface area contributed by atoms with Crippen LogP contribution in [0.25, 0.3) is 0 Å². The van der Waals surface area contributed by atoms with Crippen molar-refractivity contribution >= 4 is 17.7 Å². The molecule has 2 heterocycles. The van der Waals surface area contributed by atoms with Crippen molar-refractivity contribution in [3.05, 3.63) is 65.9 Å². The number of aryl methyl sites for hydroxylation is 1. The number of furan rings is 1. The van der Waals surface area contributed by atoms with Crippen LogP contribution in [0.3, 0.4) is 0 Å². The molecule has 0 aliphatic carbocycles. The molecule has 0 saturated heterocycles. The molecule has 0 saturated carbocycles. The van der Waals surface area contributed by atoms with E-state index in [2.05, 4.69) is 10.3 Å². The minimum Gasteiger partial charge on any atom is -0.496 e. The fourth-order valence-corrected chi connectivity index (χ4v) is 3.14. The van der Waals surface area contributed by atoms with Gasteiger partial charge in [0.05, 0.1) is 12.9 Å². The Labute approximate surface area is 150 Å². The van der Waals surface area contributed by atoms with Gasteiger partial charge in [0.25, 0.3) is 5.91 Å². The number of para-hydroxylation sites is 1. The van der Waals surface area contributed by atoms with Crippen LogP contribution in [0, 0.1) is 0 Å². The number of rotatable bonds is 7. The third-order valence-electron chi connectivity index (χ3n) is 3.64. The lowest BCUT2D eigenvalue weighted by Gasteiger charge is -2.08. The molecule has 25 heavy (non-hydrogen) atoms. The monoisotopic (exact) mass is 357 g/mol. The second-order valence-corrected chi connectivity index (χ2v) is 6.31. The van der Waals surface area contributed by atoms with Crippen LogP contribution in [0.5, 0.6) is 5.75 Å². The highest BCUT2D eigenvalue weighted by atomic mass is 32.2. The number of aromatic nitrogens is 2. The molecular weight excluding hydrogens is 338 g/mol. The van der Waals surface area contributed by atoms with Crippen molar-refractivity contribution in [2.24, 2.45) is 7.05 Å². The number of hydrogen-bond acceptors (Lipinski definition) is 5. The predicted molar refractivity (Wildman–Crippen MR) is 95.6 cm³/mol. The molecule has 0 radical (unpaired) electrons. The van der Waals surface area contributed by atoms with Gasteiger partial charge in [0.15, 0.2) is 10.9 Å². The van der Waals surface area contributed by atoms with Crippen LogP contribution in [-0.2, 0) is 19.3 Å². The Morgan fingerprint density at radius 1 is 1.32 bits per heavy atom. The Hall–Kier alpha value is -2.67. The molecule has 0 aliphatic heterocycles. The molecule has 0 atom stereocenters. The van der Waals surface area contributed by atoms with E-state index in [1.54, 1.807) is 31.1 Å². The topological polar surface area (TPSA) is 69.3 Å². The minimum absolute atomic E-state index is 0.251. The van der Waals surface area contributed by atoms with E-state index in [1.807, 2.05) is 48.1 Å². The Balaban J connectivity index is 1.56. The Bertz CT molecular complexity index is 857. The molecular formula is C18H19N3O3S. The van der Waals surface area contributed by atoms with Crippen LogP contribution >= 0.6 is 11.8 Å². The molecule has 7 heteroatoms. The zero-order valence-corrected chi connectivity index (χ0v) is 14.9. The zero-order valence-electron chi connectivity index (χ0n) is 14.1. The number of carbonyl (C=O) groups is 1. The summed E-state index contributed by atoms with van der Waals surface area (Å²) in [6, 6.07) is 11.1. The molecule has 1 aromatic carbocycles. The van der Waals surface area contributed by atoms with Gasteiger partial charge in [-0.2, -0.15) is 0 Å². The second kappa shape index (κ2) is 7.94. The SMILES string of the molecule is COc1ccccc1CNC(=O)c1ccc(CSc2nccn2C)o1. The highest BCUT2D eigenvalue weighted by molar-refractivity contribution is 7.98. The van der Waals surface area contributed by atoms with Crippen LogP contribution in [0.1, 0.15) is 21.9 Å². The first-order valence-electron chi connectivity index (χ1n) is 7.76. The summed E-state index contributed by atoms with van der Waals surface area (Å²) in [7, 11) is 3.55. The Morgan fingerprint density at radius 3 is 2.92 bits per heavy atom. The van der Waals surface area contributed by atoms with Gasteiger partial charge in [-0.05, 0) is 18.2 Å². The van der Waals surface area contributed by atoms with Gasteiger partial charge in [-0.1, -0.05) is 30.0 Å². The number of nitrogens with one attached hydrogen (secondary N) is 1. The minimum atomic E-state index is -0.251. The molecule has 0 spiro atoms. The van der Waals surface area contributed by atoms with Gasteiger partial charge in [0, 0.05) is 31.5 Å². The van der Waals surface area contributed by atoms with Gasteiger partial charge in [0.2, 0.25) is 0 Å². The van der Waals surface area contributed by atoms with Crippen LogP contribution in [0.4, 0.5) is 0 Å². The molecule has 0 aliphatic rings. The van der Waals surface area contributed by atoms with Gasteiger partial charge in [-0.3, -0.25) is 4.79 Å². The maximum atomic E-state index is 12.2. The largest absolute Gasteiger partial charge is 0.496 e. The predicted octanol–water partition coefficient (Wildman–Crippen LogP) is 3.24. The van der Waals surface area contributed by atoms with Gasteiger partial charge in [-0.15, -0.1) is 0 Å². The molecule has 130 valence electrons. The maximum absolute atomic E-state index is 12.2. The first kappa shape index (κ1) is 17.2. The van der Waals surface area contributed by atoms with Gasteiger partial charge in [-0.25, -0.2) is 4.98 Å². The lowest BCUT2D eigenvalue weighted by molar-refractivity contribution is 0.0921. The molecule has 2 aromatic heterocycles. The number of benzene rings is 1. The molecule has 1 amide bonds. The summed E-state index contributed by atoms with van der Waals surface area (Å²) in [4.78, 5) is 16.5. The number of carbonyl (C=O) groups excluding carboxylic acids is 1. The fourth-order valence-electron chi connectivity index (χ4n) is 2.32. The smallest absolute Gasteiger partial charge is 0.287 e. The number of nitrogens with zero attached hydrogens (tertiary/aromatic N) is 2. The standard InChI is InChI=1S/C18H19N3O3S/c1-21-10-9-19-18(21)25-12-14-7-8-16(24-14)17(22)20-11-13-5-3-4-6-15(13)23-2/h3-10H,11-12H2,1-2H3,(H,20,22). The molecule has 0 unspecified atom stereocenters. The average Bonchev–Trinajstić information content (AvgIpc) is 3.27. The van der Waals surface area contributed by atoms with Gasteiger partial charge in [0.1, 0.15) is 11.5 Å². The number of methoxy groups -OCH3 is 1. The summed E-state index contributed by atoms with van der Waals surface area (Å²) < 4.78 is 12.8. The van der Waals surface area contributed by atoms with Gasteiger partial charge < -0.3 is 19.0 Å². The van der Waals surface area contributed by atoms with E-state index in [9.17, 15) is 4.79 Å². The van der Waals surface area contributed by atoms with Crippen molar-refractivity contribution < 1.29 is 13.9 Å². The maximum Gasteiger partial charge on any atom is 0.287 e. The van der Waals surface area contributed by atoms with Crippen LogP contribution in [0.2, 0.25) is 0 Å². The van der Waals surface area contributed by atoms with E-state index in [1.165, 1.54) is 0 Å². The van der Waals surface area contributed by atoms with Crippen molar-refractivity contribution in [1.29, 1.82) is 0 Å². The molecule has 1 N–H and O–H groups in total. The second-order valence-electron chi connectivity index (χ2n) is 5.37. The lowest BCUT2D eigenvalue weighted by atomic mass is 10.2. The Morgan fingerprint density at radius 2 is 2.16 bits per heavy atom. The summed E-state index contributed by atoms with van der Waals surface area (Å²) >= 11 is 1.56. The van der Waals surface area contributed by atoms with Crippen molar-refractivity contribution in [2.45, 2.75) is 17.5 Å². The number of thioether (sulfide) groups is 1. The normalized spacial score (nSPS) is 10.6. The van der Waals surface area contributed by atoms with E-state index >= 15 is 0 Å². The van der Waals surface area contributed by atoms with Crippen molar-refractivity contribution in [3.63, 3.8) is 0 Å². The number of amides is 1. The molecule has 0 fully saturated rings. The first-order chi connectivity index (χ1) is 12.2. The summed E-state index contributed by atoms with van der Waals surface area (Å²) in [6.07, 6.45) is 3.64. The van der Waals surface area contributed by atoms with Crippen LogP contribution < -0.4 is 10.1 Å². The van der Waals surface area contributed by atoms with Crippen LogP contribution in [0.15, 0.2) is 58.4 Å². The van der Waals surface area contributed by atoms with E-state index < -0.39 is 0 Å². The van der Waals surface area contributed by atoms with E-state index in [4.69, 9.17) is 9.15 Å². The van der Waals surface area contributed by atoms with Crippen molar-refractivity contribution in [1.82, 2.24) is 14.9 Å². The lowest BCUT2D eigenvalue weighted by Crippen LogP contribution is -2.22. The molecule has 6 nitrogen and oxygen atoms in total. The highest BCUT2D eigenvalue weighted by Gasteiger charge is 2.13. The molecule has 3 aromatic rings. The first-order valence-corrected chi connectivity index (χ1v) is 8.75. The van der Waals surface area contributed by atoms with Crippen LogP contribution in [-0.4, -0.2) is 22.6 Å². The van der Waals surface area contributed by atoms with E-state index in [0.29, 0.717) is 18.1 Å². The number of imidazole rings is 1. The number of ether oxygens (including phenoxy) is 1. The molecule has 0 bridgehead atoms. The number of hydrogen-bond donors (Lipinski definition) is 1. The Kier molecular flexibility index (Phi) is 5.45.